The van der Waals surface area contributed by atoms with Crippen LogP contribution in [0.4, 0.5) is 4.79 Å². The molecule has 1 amide bonds. The minimum Gasteiger partial charge on any atom is -0.449 e. The van der Waals surface area contributed by atoms with Crippen molar-refractivity contribution in [3.8, 4) is 0 Å². The van der Waals surface area contributed by atoms with Crippen LogP contribution in [0.15, 0.2) is 29.4 Å². The highest BCUT2D eigenvalue weighted by atomic mass is 35.5. The van der Waals surface area contributed by atoms with Crippen molar-refractivity contribution in [2.45, 2.75) is 20.3 Å². The Labute approximate surface area is 106 Å². The second-order valence-electron chi connectivity index (χ2n) is 3.25. The summed E-state index contributed by atoms with van der Waals surface area (Å²) >= 11 is 5.89. The Kier molecular flexibility index (Phi) is 5.49. The molecule has 0 heterocycles. The van der Waals surface area contributed by atoms with Crippen molar-refractivity contribution in [3.63, 3.8) is 0 Å². The van der Waals surface area contributed by atoms with Crippen LogP contribution in [0.25, 0.3) is 0 Å². The summed E-state index contributed by atoms with van der Waals surface area (Å²) in [6, 6.07) is 7.32. The third-order valence-corrected chi connectivity index (χ3v) is 2.29. The molecule has 92 valence electrons. The second-order valence-corrected chi connectivity index (χ2v) is 3.69. The lowest BCUT2D eigenvalue weighted by Crippen LogP contribution is -2.20. The van der Waals surface area contributed by atoms with Gasteiger partial charge < -0.3 is 4.74 Å². The van der Waals surface area contributed by atoms with Gasteiger partial charge in [-0.2, -0.15) is 5.10 Å². The highest BCUT2D eigenvalue weighted by Gasteiger charge is 2.04. The highest BCUT2D eigenvalue weighted by Crippen LogP contribution is 2.12. The Hall–Kier alpha value is -1.55. The molecule has 0 unspecified atom stereocenters. The first-order valence-corrected chi connectivity index (χ1v) is 5.80. The van der Waals surface area contributed by atoms with Crippen molar-refractivity contribution in [3.05, 3.63) is 34.9 Å². The van der Waals surface area contributed by atoms with Gasteiger partial charge in [-0.25, -0.2) is 10.2 Å². The molecule has 1 aromatic carbocycles. The predicted molar refractivity (Wildman–Crippen MR) is 68.4 cm³/mol. The average molecular weight is 255 g/mol. The van der Waals surface area contributed by atoms with Crippen LogP contribution in [-0.2, 0) is 4.74 Å². The molecule has 0 fully saturated rings. The lowest BCUT2D eigenvalue weighted by atomic mass is 10.1. The number of hydrazone groups is 1. The zero-order valence-corrected chi connectivity index (χ0v) is 10.6. The third-order valence-electron chi connectivity index (χ3n) is 2.05. The standard InChI is InChI=1S/C12H15ClN2O2/c1-3-11(14-15-12(16)17-4-2)9-6-5-7-10(13)8-9/h5-8H,3-4H2,1-2H3,(H,15,16). The Morgan fingerprint density at radius 1 is 1.47 bits per heavy atom. The van der Waals surface area contributed by atoms with Gasteiger partial charge in [0.2, 0.25) is 0 Å². The van der Waals surface area contributed by atoms with Crippen molar-refractivity contribution >= 4 is 23.4 Å². The predicted octanol–water partition coefficient (Wildman–Crippen LogP) is 3.20. The summed E-state index contributed by atoms with van der Waals surface area (Å²) in [5.74, 6) is 0. The van der Waals surface area contributed by atoms with Gasteiger partial charge in [-0.3, -0.25) is 0 Å². The molecular weight excluding hydrogens is 240 g/mol. The van der Waals surface area contributed by atoms with E-state index in [0.29, 0.717) is 18.1 Å². The van der Waals surface area contributed by atoms with Gasteiger partial charge in [0.15, 0.2) is 0 Å². The van der Waals surface area contributed by atoms with E-state index in [1.54, 1.807) is 19.1 Å². The van der Waals surface area contributed by atoms with E-state index in [1.807, 2.05) is 19.1 Å². The van der Waals surface area contributed by atoms with Gasteiger partial charge in [0, 0.05) is 5.02 Å². The molecule has 0 radical (unpaired) electrons. The number of carbonyl (C=O) groups is 1. The maximum Gasteiger partial charge on any atom is 0.427 e. The molecule has 0 aromatic heterocycles. The van der Waals surface area contributed by atoms with Crippen LogP contribution >= 0.6 is 11.6 Å². The number of hydrogen-bond acceptors (Lipinski definition) is 3. The smallest absolute Gasteiger partial charge is 0.427 e. The number of halogens is 1. The summed E-state index contributed by atoms with van der Waals surface area (Å²) in [5, 5.41) is 4.64. The third kappa shape index (κ3) is 4.44. The fourth-order valence-electron chi connectivity index (χ4n) is 1.29. The van der Waals surface area contributed by atoms with Crippen LogP contribution in [-0.4, -0.2) is 18.4 Å². The number of ether oxygens (including phenoxy) is 1. The van der Waals surface area contributed by atoms with Gasteiger partial charge in [-0.15, -0.1) is 0 Å². The van der Waals surface area contributed by atoms with Gasteiger partial charge in [0.25, 0.3) is 0 Å². The molecule has 0 aliphatic heterocycles. The maximum absolute atomic E-state index is 11.1. The van der Waals surface area contributed by atoms with Crippen molar-refractivity contribution in [1.82, 2.24) is 5.43 Å². The van der Waals surface area contributed by atoms with E-state index >= 15 is 0 Å². The van der Waals surface area contributed by atoms with Gasteiger partial charge in [0.1, 0.15) is 0 Å². The fraction of sp³-hybridized carbons (Fsp3) is 0.333. The quantitative estimate of drug-likeness (QED) is 0.663. The number of nitrogens with zero attached hydrogens (tertiary/aromatic N) is 1. The van der Waals surface area contributed by atoms with Crippen molar-refractivity contribution in [2.24, 2.45) is 5.10 Å². The van der Waals surface area contributed by atoms with Crippen molar-refractivity contribution in [1.29, 1.82) is 0 Å². The molecule has 0 spiro atoms. The topological polar surface area (TPSA) is 50.7 Å². The van der Waals surface area contributed by atoms with Crippen molar-refractivity contribution < 1.29 is 9.53 Å². The van der Waals surface area contributed by atoms with E-state index < -0.39 is 6.09 Å². The number of hydrogen-bond donors (Lipinski definition) is 1. The molecular formula is C12H15ClN2O2. The Morgan fingerprint density at radius 2 is 2.24 bits per heavy atom. The zero-order chi connectivity index (χ0) is 12.7. The van der Waals surface area contributed by atoms with Gasteiger partial charge in [-0.05, 0) is 31.0 Å². The number of rotatable bonds is 4. The number of amides is 1. The van der Waals surface area contributed by atoms with Crippen LogP contribution in [0, 0.1) is 0 Å². The van der Waals surface area contributed by atoms with Gasteiger partial charge in [-0.1, -0.05) is 30.7 Å². The lowest BCUT2D eigenvalue weighted by molar-refractivity contribution is 0.152. The van der Waals surface area contributed by atoms with E-state index in [2.05, 4.69) is 10.5 Å². The van der Waals surface area contributed by atoms with E-state index in [9.17, 15) is 4.79 Å². The molecule has 4 nitrogen and oxygen atoms in total. The fourth-order valence-corrected chi connectivity index (χ4v) is 1.48. The molecule has 5 heteroatoms. The number of nitrogens with one attached hydrogen (secondary N) is 1. The van der Waals surface area contributed by atoms with E-state index in [1.165, 1.54) is 0 Å². The summed E-state index contributed by atoms with van der Waals surface area (Å²) in [6.45, 7) is 4.01. The van der Waals surface area contributed by atoms with E-state index in [-0.39, 0.29) is 0 Å². The van der Waals surface area contributed by atoms with Gasteiger partial charge >= 0.3 is 6.09 Å². The van der Waals surface area contributed by atoms with Crippen LogP contribution in [0.5, 0.6) is 0 Å². The molecule has 0 aliphatic carbocycles. The van der Waals surface area contributed by atoms with Gasteiger partial charge in [0.05, 0.1) is 12.3 Å². The van der Waals surface area contributed by atoms with Crippen LogP contribution in [0.2, 0.25) is 5.02 Å². The summed E-state index contributed by atoms with van der Waals surface area (Å²) in [4.78, 5) is 11.1. The van der Waals surface area contributed by atoms with Crippen LogP contribution in [0.3, 0.4) is 0 Å². The zero-order valence-electron chi connectivity index (χ0n) is 9.87. The SMILES string of the molecule is CCOC(=O)NN=C(CC)c1cccc(Cl)c1. The van der Waals surface area contributed by atoms with Crippen molar-refractivity contribution in [2.75, 3.05) is 6.61 Å². The minimum atomic E-state index is -0.555. The normalized spacial score (nSPS) is 11.1. The maximum atomic E-state index is 11.1. The Bertz CT molecular complexity index is 419. The summed E-state index contributed by atoms with van der Waals surface area (Å²) in [5.41, 5.74) is 3.97. The monoisotopic (exact) mass is 254 g/mol. The first-order valence-electron chi connectivity index (χ1n) is 5.42. The average Bonchev–Trinajstić information content (AvgIpc) is 2.30. The molecule has 0 bridgehead atoms. The first-order chi connectivity index (χ1) is 8.17. The molecule has 1 aromatic rings. The largest absolute Gasteiger partial charge is 0.449 e. The van der Waals surface area contributed by atoms with Crippen LogP contribution in [0.1, 0.15) is 25.8 Å². The summed E-state index contributed by atoms with van der Waals surface area (Å²) in [7, 11) is 0. The molecule has 0 saturated carbocycles. The molecule has 0 aliphatic rings. The summed E-state index contributed by atoms with van der Waals surface area (Å²) in [6.07, 6.45) is 0.132. The first kappa shape index (κ1) is 13.5. The molecule has 1 rings (SSSR count). The van der Waals surface area contributed by atoms with Crippen LogP contribution < -0.4 is 5.43 Å². The molecule has 17 heavy (non-hydrogen) atoms. The lowest BCUT2D eigenvalue weighted by Gasteiger charge is -2.05. The number of benzene rings is 1. The molecule has 1 N–H and O–H groups in total. The highest BCUT2D eigenvalue weighted by molar-refractivity contribution is 6.31. The Balaban J connectivity index is 2.77. The van der Waals surface area contributed by atoms with E-state index in [0.717, 1.165) is 11.3 Å². The minimum absolute atomic E-state index is 0.319. The second kappa shape index (κ2) is 6.91. The number of carbonyl (C=O) groups excluding carboxylic acids is 1. The summed E-state index contributed by atoms with van der Waals surface area (Å²) < 4.78 is 4.71. The molecule has 0 saturated heterocycles. The Morgan fingerprint density at radius 3 is 2.82 bits per heavy atom. The molecule has 0 atom stereocenters. The van der Waals surface area contributed by atoms with E-state index in [4.69, 9.17) is 16.3 Å².